The summed E-state index contributed by atoms with van der Waals surface area (Å²) in [5.74, 6) is -1.19. The lowest BCUT2D eigenvalue weighted by atomic mass is 10.4. The van der Waals surface area contributed by atoms with Gasteiger partial charge in [0.15, 0.2) is 0 Å². The van der Waals surface area contributed by atoms with Gasteiger partial charge in [0.1, 0.15) is 6.10 Å². The van der Waals surface area contributed by atoms with Crippen molar-refractivity contribution in [3.05, 3.63) is 24.8 Å². The van der Waals surface area contributed by atoms with E-state index in [4.69, 9.17) is 10.2 Å². The van der Waals surface area contributed by atoms with Crippen LogP contribution in [0.4, 0.5) is 0 Å². The van der Waals surface area contributed by atoms with Gasteiger partial charge in [0.25, 0.3) is 0 Å². The number of rotatable bonds is 1. The molecule has 1 atom stereocenters. The Balaban J connectivity index is 0.000000202. The van der Waals surface area contributed by atoms with Gasteiger partial charge in [-0.25, -0.2) is 4.79 Å². The van der Waals surface area contributed by atoms with Crippen LogP contribution >= 0.6 is 0 Å². The number of hydrogen-bond acceptors (Lipinski definition) is 4. The van der Waals surface area contributed by atoms with Crippen LogP contribution in [0.3, 0.4) is 0 Å². The number of aliphatic carboxylic acids is 1. The molecule has 0 aliphatic heterocycles. The van der Waals surface area contributed by atoms with Gasteiger partial charge in [-0.3, -0.25) is 9.97 Å². The van der Waals surface area contributed by atoms with Gasteiger partial charge in [-0.1, -0.05) is 0 Å². The Bertz CT molecular complexity index is 186. The van der Waals surface area contributed by atoms with Gasteiger partial charge in [0.2, 0.25) is 0 Å². The van der Waals surface area contributed by atoms with Gasteiger partial charge in [0.05, 0.1) is 0 Å². The van der Waals surface area contributed by atoms with E-state index in [1.165, 1.54) is 6.92 Å². The molecule has 0 amide bonds. The molecular weight excluding hydrogens is 160 g/mol. The lowest BCUT2D eigenvalue weighted by Crippen LogP contribution is -2.13. The number of nitrogens with zero attached hydrogens (tertiary/aromatic N) is 2. The smallest absolute Gasteiger partial charge is 0.332 e. The fourth-order valence-corrected chi connectivity index (χ4v) is 0.253. The highest BCUT2D eigenvalue weighted by atomic mass is 16.4. The molecule has 0 bridgehead atoms. The van der Waals surface area contributed by atoms with Crippen molar-refractivity contribution < 1.29 is 15.0 Å². The summed E-state index contributed by atoms with van der Waals surface area (Å²) in [6.45, 7) is 1.20. The predicted octanol–water partition coefficient (Wildman–Crippen LogP) is -0.0716. The maximum atomic E-state index is 9.45. The van der Waals surface area contributed by atoms with Crippen LogP contribution in [0.25, 0.3) is 0 Å². The van der Waals surface area contributed by atoms with E-state index in [1.807, 2.05) is 0 Å². The van der Waals surface area contributed by atoms with Crippen molar-refractivity contribution in [2.24, 2.45) is 0 Å². The van der Waals surface area contributed by atoms with Crippen molar-refractivity contribution in [1.82, 2.24) is 9.97 Å². The van der Waals surface area contributed by atoms with Crippen molar-refractivity contribution in [2.75, 3.05) is 0 Å². The molecule has 66 valence electrons. The summed E-state index contributed by atoms with van der Waals surface area (Å²) in [5, 5.41) is 15.8. The summed E-state index contributed by atoms with van der Waals surface area (Å²) >= 11 is 0. The van der Waals surface area contributed by atoms with Crippen LogP contribution < -0.4 is 0 Å². The average Bonchev–Trinajstić information content (AvgIpc) is 2.08. The quantitative estimate of drug-likeness (QED) is 0.616. The zero-order chi connectivity index (χ0) is 9.40. The van der Waals surface area contributed by atoms with Crippen LogP contribution in [0.2, 0.25) is 0 Å². The van der Waals surface area contributed by atoms with Crippen molar-refractivity contribution >= 4 is 5.97 Å². The first-order valence-electron chi connectivity index (χ1n) is 3.25. The van der Waals surface area contributed by atoms with E-state index in [0.717, 1.165) is 0 Å². The minimum absolute atomic E-state index is 1.19. The first-order chi connectivity index (χ1) is 5.64. The number of carboxylic acid groups (broad SMARTS) is 1. The maximum Gasteiger partial charge on any atom is 0.332 e. The van der Waals surface area contributed by atoms with Crippen molar-refractivity contribution in [3.63, 3.8) is 0 Å². The van der Waals surface area contributed by atoms with Gasteiger partial charge >= 0.3 is 5.97 Å². The summed E-state index contributed by atoms with van der Waals surface area (Å²) in [7, 11) is 0. The normalized spacial score (nSPS) is 10.8. The van der Waals surface area contributed by atoms with E-state index in [2.05, 4.69) is 9.97 Å². The Hall–Kier alpha value is -1.49. The Morgan fingerprint density at radius 1 is 1.25 bits per heavy atom. The van der Waals surface area contributed by atoms with Gasteiger partial charge in [-0.05, 0) is 6.92 Å². The third-order valence-electron chi connectivity index (χ3n) is 0.835. The first-order valence-corrected chi connectivity index (χ1v) is 3.25. The summed E-state index contributed by atoms with van der Waals surface area (Å²) in [6.07, 6.45) is 5.32. The molecule has 1 aromatic rings. The molecule has 1 heterocycles. The van der Waals surface area contributed by atoms with E-state index in [-0.39, 0.29) is 0 Å². The molecule has 1 unspecified atom stereocenters. The van der Waals surface area contributed by atoms with Gasteiger partial charge < -0.3 is 10.2 Å². The Labute approximate surface area is 69.7 Å². The zero-order valence-electron chi connectivity index (χ0n) is 6.58. The Morgan fingerprint density at radius 2 is 1.50 bits per heavy atom. The molecule has 0 saturated carbocycles. The lowest BCUT2D eigenvalue weighted by Gasteiger charge is -1.89. The highest BCUT2D eigenvalue weighted by Gasteiger charge is 2.01. The van der Waals surface area contributed by atoms with Crippen LogP contribution in [-0.4, -0.2) is 32.3 Å². The summed E-state index contributed by atoms with van der Waals surface area (Å²) in [4.78, 5) is 16.9. The number of aliphatic hydroxyl groups excluding tert-OH is 1. The molecule has 1 rings (SSSR count). The Morgan fingerprint density at radius 3 is 1.58 bits per heavy atom. The molecule has 0 aliphatic rings. The van der Waals surface area contributed by atoms with Crippen LogP contribution in [0.5, 0.6) is 0 Å². The third kappa shape index (κ3) is 6.63. The summed E-state index contributed by atoms with van der Waals surface area (Å²) in [5.41, 5.74) is 0. The molecular formula is C7H10N2O3. The lowest BCUT2D eigenvalue weighted by molar-refractivity contribution is -0.145. The van der Waals surface area contributed by atoms with Crippen molar-refractivity contribution in [1.29, 1.82) is 0 Å². The molecule has 0 radical (unpaired) electrons. The van der Waals surface area contributed by atoms with Crippen molar-refractivity contribution in [3.8, 4) is 0 Å². The third-order valence-corrected chi connectivity index (χ3v) is 0.835. The minimum atomic E-state index is -1.23. The zero-order valence-corrected chi connectivity index (χ0v) is 6.58. The molecule has 0 spiro atoms. The molecule has 1 aromatic heterocycles. The number of carboxylic acids is 1. The number of carbonyl (C=O) groups is 1. The monoisotopic (exact) mass is 170 g/mol. The van der Waals surface area contributed by atoms with E-state index in [0.29, 0.717) is 0 Å². The Kier molecular flexibility index (Phi) is 5.46. The number of aliphatic hydroxyl groups is 1. The van der Waals surface area contributed by atoms with Gasteiger partial charge in [-0.15, -0.1) is 0 Å². The molecule has 0 aliphatic carbocycles. The minimum Gasteiger partial charge on any atom is -0.479 e. The fourth-order valence-electron chi connectivity index (χ4n) is 0.253. The van der Waals surface area contributed by atoms with E-state index in [1.54, 1.807) is 24.8 Å². The van der Waals surface area contributed by atoms with E-state index in [9.17, 15) is 4.79 Å². The standard InChI is InChI=1S/C4H4N2.C3H6O3/c1-2-6-4-3-5-1;1-2(4)3(5)6/h1-4H;2,4H,1H3,(H,5,6). The second kappa shape index (κ2) is 6.23. The molecule has 0 saturated heterocycles. The second-order valence-corrected chi connectivity index (χ2v) is 1.91. The molecule has 5 heteroatoms. The topological polar surface area (TPSA) is 83.3 Å². The predicted molar refractivity (Wildman–Crippen MR) is 41.3 cm³/mol. The molecule has 5 nitrogen and oxygen atoms in total. The first kappa shape index (κ1) is 10.5. The second-order valence-electron chi connectivity index (χ2n) is 1.91. The number of hydrogen-bond donors (Lipinski definition) is 2. The van der Waals surface area contributed by atoms with E-state index < -0.39 is 12.1 Å². The van der Waals surface area contributed by atoms with Gasteiger partial charge in [-0.2, -0.15) is 0 Å². The summed E-state index contributed by atoms with van der Waals surface area (Å²) in [6, 6.07) is 0. The summed E-state index contributed by atoms with van der Waals surface area (Å²) < 4.78 is 0. The van der Waals surface area contributed by atoms with Crippen molar-refractivity contribution in [2.45, 2.75) is 13.0 Å². The highest BCUT2D eigenvalue weighted by molar-refractivity contribution is 5.71. The largest absolute Gasteiger partial charge is 0.479 e. The highest BCUT2D eigenvalue weighted by Crippen LogP contribution is 1.73. The van der Waals surface area contributed by atoms with Gasteiger partial charge in [0, 0.05) is 24.8 Å². The fraction of sp³-hybridized carbons (Fsp3) is 0.286. The molecule has 2 N–H and O–H groups in total. The molecule has 12 heavy (non-hydrogen) atoms. The van der Waals surface area contributed by atoms with E-state index >= 15 is 0 Å². The number of aromatic nitrogens is 2. The van der Waals surface area contributed by atoms with Crippen LogP contribution in [0, 0.1) is 0 Å². The van der Waals surface area contributed by atoms with Crippen LogP contribution in [0.1, 0.15) is 6.92 Å². The average molecular weight is 170 g/mol. The molecule has 0 aromatic carbocycles. The molecule has 0 fully saturated rings. The maximum absolute atomic E-state index is 9.45. The SMILES string of the molecule is CC(O)C(=O)O.c1cnccn1. The van der Waals surface area contributed by atoms with Crippen LogP contribution in [-0.2, 0) is 4.79 Å². The van der Waals surface area contributed by atoms with Crippen LogP contribution in [0.15, 0.2) is 24.8 Å².